The number of rotatable bonds is 12. The van der Waals surface area contributed by atoms with E-state index in [0.29, 0.717) is 34.3 Å². The van der Waals surface area contributed by atoms with Gasteiger partial charge in [-0.25, -0.2) is 9.18 Å². The molecule has 1 fully saturated rings. The zero-order chi connectivity index (χ0) is 43.6. The summed E-state index contributed by atoms with van der Waals surface area (Å²) in [6, 6.07) is 25.7. The number of carbonyl (C=O) groups is 3. The van der Waals surface area contributed by atoms with Crippen LogP contribution < -0.4 is 26.6 Å². The van der Waals surface area contributed by atoms with Crippen LogP contribution >= 0.6 is 0 Å². The monoisotopic (exact) mass is 835 g/mol. The molecule has 1 saturated heterocycles. The van der Waals surface area contributed by atoms with E-state index in [0.717, 1.165) is 47.1 Å². The molecule has 4 aromatic carbocycles. The molecule has 6 rings (SSSR count). The molecular weight excluding hydrogens is 790 g/mol. The SMILES string of the molecule is C[N+]1(C)CCC(OC(=O)Nc2cc(CCC(=O)Nc3ccc(CNC[C@H](O)c4ccc(O)c5[nH]c(=O)ccc45)c(F)c3)ccc2-c2ccccc2)CC1.O=C([O-])C(F)(F)F. The number of aromatic hydroxyl groups is 1. The summed E-state index contributed by atoms with van der Waals surface area (Å²) in [6.07, 6.45) is -4.69. The summed E-state index contributed by atoms with van der Waals surface area (Å²) in [7, 11) is 4.35. The van der Waals surface area contributed by atoms with Crippen molar-refractivity contribution in [1.82, 2.24) is 10.3 Å². The van der Waals surface area contributed by atoms with Crippen molar-refractivity contribution >= 4 is 40.2 Å². The zero-order valence-electron chi connectivity index (χ0n) is 32.8. The molecule has 0 aliphatic carbocycles. The molecule has 60 heavy (non-hydrogen) atoms. The number of piperidine rings is 1. The van der Waals surface area contributed by atoms with Gasteiger partial charge < -0.3 is 45.0 Å². The Morgan fingerprint density at radius 1 is 0.950 bits per heavy atom. The lowest BCUT2D eigenvalue weighted by atomic mass is 9.99. The number of anilines is 2. The average molecular weight is 836 g/mol. The van der Waals surface area contributed by atoms with Gasteiger partial charge in [-0.3, -0.25) is 14.9 Å². The number of aliphatic hydroxyl groups is 1. The van der Waals surface area contributed by atoms with E-state index in [1.54, 1.807) is 18.2 Å². The number of quaternary nitrogens is 1. The Labute approximate surface area is 342 Å². The number of aliphatic carboxylic acids is 1. The highest BCUT2D eigenvalue weighted by atomic mass is 19.4. The Morgan fingerprint density at radius 2 is 1.65 bits per heavy atom. The summed E-state index contributed by atoms with van der Waals surface area (Å²) < 4.78 is 53.3. The predicted octanol–water partition coefficient (Wildman–Crippen LogP) is 5.52. The second-order valence-electron chi connectivity index (χ2n) is 14.9. The first-order valence-electron chi connectivity index (χ1n) is 19.0. The van der Waals surface area contributed by atoms with E-state index >= 15 is 4.39 Å². The topological polar surface area (TPSA) is 193 Å². The predicted molar refractivity (Wildman–Crippen MR) is 214 cm³/mol. The van der Waals surface area contributed by atoms with E-state index in [2.05, 4.69) is 35.0 Å². The molecule has 5 aromatic rings. The molecule has 1 aliphatic heterocycles. The third kappa shape index (κ3) is 12.6. The Balaban J connectivity index is 0.000000896. The molecule has 318 valence electrons. The lowest BCUT2D eigenvalue weighted by molar-refractivity contribution is -0.896. The van der Waals surface area contributed by atoms with Crippen molar-refractivity contribution in [2.75, 3.05) is 44.4 Å². The second-order valence-corrected chi connectivity index (χ2v) is 14.9. The molecule has 0 unspecified atom stereocenters. The van der Waals surface area contributed by atoms with Gasteiger partial charge in [0.05, 0.1) is 44.5 Å². The lowest BCUT2D eigenvalue weighted by Crippen LogP contribution is -2.48. The molecule has 0 bridgehead atoms. The number of halogens is 4. The van der Waals surface area contributed by atoms with Crippen LogP contribution in [0.1, 0.15) is 42.1 Å². The standard InChI is InChI=1S/C41H44FN5O6.C2HF3O2/c1-47(2)20-18-30(19-21-47)53-41(52)45-35-22-26(8-12-31(35)27-6-4-3-5-7-27)9-16-38(50)44-29-11-10-28(34(42)23-29)24-43-25-37(49)32-13-15-36(48)40-33(32)14-17-39(51)46-40;3-2(4,5)1(6)7/h3-8,10-15,17,22-23,30,37,43,49H,9,16,18-21,24-25H2,1-2H3,(H3-,44,45,46,48,50,51,52);(H,6,7)/t37-;/m0./s1. The van der Waals surface area contributed by atoms with E-state index in [9.17, 15) is 37.8 Å². The number of ether oxygens (including phenoxy) is 1. The lowest BCUT2D eigenvalue weighted by Gasteiger charge is -2.36. The highest BCUT2D eigenvalue weighted by Crippen LogP contribution is 2.31. The van der Waals surface area contributed by atoms with Gasteiger partial charge >= 0.3 is 12.3 Å². The minimum atomic E-state index is -5.19. The first kappa shape index (κ1) is 44.8. The Kier molecular flexibility index (Phi) is 14.7. The summed E-state index contributed by atoms with van der Waals surface area (Å²) in [4.78, 5) is 49.0. The molecule has 17 heteroatoms. The Morgan fingerprint density at radius 3 is 2.32 bits per heavy atom. The number of aryl methyl sites for hydroxylation is 1. The van der Waals surface area contributed by atoms with E-state index in [4.69, 9.17) is 14.6 Å². The van der Waals surface area contributed by atoms with Crippen LogP contribution in [0.15, 0.2) is 95.8 Å². The van der Waals surface area contributed by atoms with Gasteiger partial charge in [-0.1, -0.05) is 54.6 Å². The third-order valence-electron chi connectivity index (χ3n) is 9.92. The summed E-state index contributed by atoms with van der Waals surface area (Å²) in [5, 5.41) is 38.9. The Bertz CT molecular complexity index is 2360. The molecular formula is C43H45F4N5O8. The number of phenolic OH excluding ortho intramolecular Hbond substituents is 1. The maximum atomic E-state index is 15.0. The number of aromatic amines is 1. The minimum absolute atomic E-state index is 0.0834. The second kappa shape index (κ2) is 19.6. The fraction of sp³-hybridized carbons (Fsp3) is 0.302. The molecule has 2 heterocycles. The number of aromatic nitrogens is 1. The maximum absolute atomic E-state index is 15.0. The zero-order valence-corrected chi connectivity index (χ0v) is 32.8. The van der Waals surface area contributed by atoms with Gasteiger partial charge in [-0.05, 0) is 53.4 Å². The van der Waals surface area contributed by atoms with Crippen LogP contribution in [0.3, 0.4) is 0 Å². The van der Waals surface area contributed by atoms with E-state index in [1.165, 1.54) is 24.3 Å². The van der Waals surface area contributed by atoms with E-state index < -0.39 is 30.2 Å². The van der Waals surface area contributed by atoms with Crippen LogP contribution in [0.25, 0.3) is 22.0 Å². The molecule has 1 aromatic heterocycles. The molecule has 13 nitrogen and oxygen atoms in total. The van der Waals surface area contributed by atoms with Crippen LogP contribution in [-0.2, 0) is 27.3 Å². The fourth-order valence-electron chi connectivity index (χ4n) is 6.62. The van der Waals surface area contributed by atoms with Crippen molar-refractivity contribution in [3.05, 3.63) is 124 Å². The molecule has 2 amide bonds. The fourth-order valence-corrected chi connectivity index (χ4v) is 6.62. The van der Waals surface area contributed by atoms with E-state index in [-0.39, 0.29) is 48.3 Å². The number of fused-ring (bicyclic) bond motifs is 1. The first-order chi connectivity index (χ1) is 28.4. The van der Waals surface area contributed by atoms with Crippen LogP contribution in [-0.4, -0.2) is 83.7 Å². The largest absolute Gasteiger partial charge is 0.542 e. The average Bonchev–Trinajstić information content (AvgIpc) is 3.19. The molecule has 1 atom stereocenters. The molecule has 6 N–H and O–H groups in total. The summed E-state index contributed by atoms with van der Waals surface area (Å²) in [5.74, 6) is -3.92. The van der Waals surface area contributed by atoms with Crippen molar-refractivity contribution < 1.29 is 56.5 Å². The molecule has 0 saturated carbocycles. The van der Waals surface area contributed by atoms with Gasteiger partial charge in [0.25, 0.3) is 0 Å². The van der Waals surface area contributed by atoms with Crippen LogP contribution in [0.5, 0.6) is 5.75 Å². The maximum Gasteiger partial charge on any atom is 0.430 e. The number of phenols is 1. The van der Waals surface area contributed by atoms with E-state index in [1.807, 2.05) is 48.5 Å². The first-order valence-corrected chi connectivity index (χ1v) is 19.0. The van der Waals surface area contributed by atoms with Crippen LogP contribution in [0.4, 0.5) is 33.7 Å². The number of alkyl halides is 3. The normalized spacial score (nSPS) is 14.4. The summed E-state index contributed by atoms with van der Waals surface area (Å²) in [5.41, 5.74) is 4.23. The highest BCUT2D eigenvalue weighted by molar-refractivity contribution is 5.93. The number of aliphatic hydroxyl groups excluding tert-OH is 1. The number of nitrogens with one attached hydrogen (secondary N) is 4. The van der Waals surface area contributed by atoms with Crippen molar-refractivity contribution in [3.63, 3.8) is 0 Å². The number of benzene rings is 4. The van der Waals surface area contributed by atoms with Crippen molar-refractivity contribution in [3.8, 4) is 16.9 Å². The highest BCUT2D eigenvalue weighted by Gasteiger charge is 2.29. The number of hydrogen-bond acceptors (Lipinski definition) is 9. The van der Waals surface area contributed by atoms with Gasteiger partial charge in [0.2, 0.25) is 11.5 Å². The molecule has 1 aliphatic rings. The number of hydrogen-bond donors (Lipinski definition) is 6. The van der Waals surface area contributed by atoms with Gasteiger partial charge in [0, 0.05) is 60.6 Å². The van der Waals surface area contributed by atoms with Gasteiger partial charge in [-0.15, -0.1) is 0 Å². The number of carbonyl (C=O) groups excluding carboxylic acids is 3. The van der Waals surface area contributed by atoms with Gasteiger partial charge in [0.1, 0.15) is 23.6 Å². The Hall–Kier alpha value is -6.30. The van der Waals surface area contributed by atoms with Crippen LogP contribution in [0.2, 0.25) is 0 Å². The number of amides is 2. The number of carboxylic acid groups (broad SMARTS) is 1. The van der Waals surface area contributed by atoms with Crippen molar-refractivity contribution in [1.29, 1.82) is 0 Å². The van der Waals surface area contributed by atoms with Gasteiger partial charge in [-0.2, -0.15) is 13.2 Å². The van der Waals surface area contributed by atoms with Crippen LogP contribution in [0, 0.1) is 5.82 Å². The summed E-state index contributed by atoms with van der Waals surface area (Å²) >= 11 is 0. The number of pyridine rings is 1. The third-order valence-corrected chi connectivity index (χ3v) is 9.92. The number of carboxylic acids is 1. The van der Waals surface area contributed by atoms with Crippen molar-refractivity contribution in [2.24, 2.45) is 0 Å². The minimum Gasteiger partial charge on any atom is -0.542 e. The number of nitrogens with zero attached hydrogens (tertiary/aromatic N) is 1. The quantitative estimate of drug-likeness (QED) is 0.0694. The van der Waals surface area contributed by atoms with Crippen molar-refractivity contribution in [2.45, 2.75) is 50.6 Å². The number of H-pyrrole nitrogens is 1. The smallest absolute Gasteiger partial charge is 0.430 e. The molecule has 0 spiro atoms. The number of likely N-dealkylation sites (tertiary alicyclic amines) is 1. The van der Waals surface area contributed by atoms with Gasteiger partial charge in [0.15, 0.2) is 0 Å². The summed E-state index contributed by atoms with van der Waals surface area (Å²) in [6.45, 7) is 2.08. The molecule has 0 radical (unpaired) electrons.